The predicted molar refractivity (Wildman–Crippen MR) is 84.4 cm³/mol. The summed E-state index contributed by atoms with van der Waals surface area (Å²) >= 11 is 0. The highest BCUT2D eigenvalue weighted by Gasteiger charge is 2.08. The van der Waals surface area contributed by atoms with Gasteiger partial charge in [0.2, 0.25) is 0 Å². The van der Waals surface area contributed by atoms with Gasteiger partial charge in [-0.05, 0) is 38.5 Å². The zero-order valence-corrected chi connectivity index (χ0v) is 12.8. The van der Waals surface area contributed by atoms with Crippen LogP contribution >= 0.6 is 0 Å². The van der Waals surface area contributed by atoms with Crippen molar-refractivity contribution in [1.82, 2.24) is 14.9 Å². The molecule has 0 atom stereocenters. The normalized spacial score (nSPS) is 10.4. The van der Waals surface area contributed by atoms with E-state index in [1.807, 2.05) is 44.6 Å². The Bertz CT molecular complexity index is 618. The number of aromatic nitrogens is 2. The minimum Gasteiger partial charge on any atom is -0.379 e. The van der Waals surface area contributed by atoms with E-state index in [0.717, 1.165) is 23.5 Å². The molecule has 0 spiro atoms. The molecule has 21 heavy (non-hydrogen) atoms. The average Bonchev–Trinajstić information content (AvgIpc) is 2.94. The van der Waals surface area contributed by atoms with Crippen molar-refractivity contribution in [1.29, 1.82) is 0 Å². The van der Waals surface area contributed by atoms with Gasteiger partial charge in [0, 0.05) is 30.5 Å². The van der Waals surface area contributed by atoms with Gasteiger partial charge in [-0.1, -0.05) is 6.07 Å². The molecule has 0 aliphatic carbocycles. The van der Waals surface area contributed by atoms with Gasteiger partial charge >= 0.3 is 0 Å². The minimum absolute atomic E-state index is 0.0425. The van der Waals surface area contributed by atoms with Crippen molar-refractivity contribution in [3.05, 3.63) is 47.5 Å². The molecule has 112 valence electrons. The van der Waals surface area contributed by atoms with Crippen LogP contribution in [-0.4, -0.2) is 22.0 Å². The number of nitrogens with zero attached hydrogens (tertiary/aromatic N) is 2. The number of amides is 1. The largest absolute Gasteiger partial charge is 0.379 e. The number of hydrogen-bond acceptors (Lipinski definition) is 3. The fraction of sp³-hybridized carbons (Fsp3) is 0.375. The first-order valence-corrected chi connectivity index (χ1v) is 7.27. The van der Waals surface area contributed by atoms with E-state index in [1.54, 1.807) is 0 Å². The molecule has 5 nitrogen and oxygen atoms in total. The van der Waals surface area contributed by atoms with E-state index in [0.29, 0.717) is 18.7 Å². The van der Waals surface area contributed by atoms with Crippen molar-refractivity contribution < 1.29 is 4.79 Å². The molecule has 5 heteroatoms. The first-order chi connectivity index (χ1) is 10.2. The molecule has 1 aromatic heterocycles. The summed E-state index contributed by atoms with van der Waals surface area (Å²) in [7, 11) is 0. The zero-order valence-electron chi connectivity index (χ0n) is 12.8. The molecular formula is C16H22N4O. The molecule has 0 bridgehead atoms. The monoisotopic (exact) mass is 286 g/mol. The second-order valence-electron chi connectivity index (χ2n) is 4.91. The summed E-state index contributed by atoms with van der Waals surface area (Å²) in [5.41, 5.74) is 3.89. The van der Waals surface area contributed by atoms with Gasteiger partial charge in [-0.2, -0.15) is 0 Å². The van der Waals surface area contributed by atoms with Crippen LogP contribution < -0.4 is 10.6 Å². The van der Waals surface area contributed by atoms with E-state index in [1.165, 1.54) is 0 Å². The number of hydrogen-bond donors (Lipinski definition) is 2. The lowest BCUT2D eigenvalue weighted by Gasteiger charge is -2.12. The molecule has 1 amide bonds. The summed E-state index contributed by atoms with van der Waals surface area (Å²) < 4.78 is 2.09. The number of carbonyl (C=O) groups excluding carboxylic acids is 1. The minimum atomic E-state index is -0.0425. The highest BCUT2D eigenvalue weighted by Crippen LogP contribution is 2.18. The lowest BCUT2D eigenvalue weighted by Crippen LogP contribution is -2.22. The molecule has 0 saturated heterocycles. The van der Waals surface area contributed by atoms with Gasteiger partial charge in [0.05, 0.1) is 18.6 Å². The van der Waals surface area contributed by atoms with Crippen LogP contribution in [0.5, 0.6) is 0 Å². The maximum absolute atomic E-state index is 11.9. The number of rotatable bonds is 6. The van der Waals surface area contributed by atoms with Crippen molar-refractivity contribution in [2.75, 3.05) is 11.9 Å². The van der Waals surface area contributed by atoms with Crippen molar-refractivity contribution in [2.24, 2.45) is 0 Å². The smallest absolute Gasteiger partial charge is 0.251 e. The van der Waals surface area contributed by atoms with Crippen LogP contribution in [0.25, 0.3) is 0 Å². The third-order valence-electron chi connectivity index (χ3n) is 3.44. The molecule has 1 heterocycles. The van der Waals surface area contributed by atoms with Gasteiger partial charge in [-0.15, -0.1) is 0 Å². The molecule has 2 rings (SSSR count). The number of nitrogens with one attached hydrogen (secondary N) is 2. The van der Waals surface area contributed by atoms with Crippen LogP contribution in [0.1, 0.15) is 35.5 Å². The van der Waals surface area contributed by atoms with Crippen LogP contribution in [0, 0.1) is 6.92 Å². The number of carbonyl (C=O) groups is 1. The van der Waals surface area contributed by atoms with Gasteiger partial charge < -0.3 is 15.2 Å². The first kappa shape index (κ1) is 15.1. The summed E-state index contributed by atoms with van der Waals surface area (Å²) in [4.78, 5) is 16.0. The Kier molecular flexibility index (Phi) is 4.98. The molecular weight excluding hydrogens is 264 g/mol. The number of imidazole rings is 1. The van der Waals surface area contributed by atoms with Crippen LogP contribution in [0.2, 0.25) is 0 Å². The van der Waals surface area contributed by atoms with E-state index in [2.05, 4.69) is 27.1 Å². The Balaban J connectivity index is 2.12. The molecule has 2 N–H and O–H groups in total. The van der Waals surface area contributed by atoms with Gasteiger partial charge in [-0.3, -0.25) is 4.79 Å². The zero-order chi connectivity index (χ0) is 15.2. The molecule has 0 radical (unpaired) electrons. The fourth-order valence-corrected chi connectivity index (χ4v) is 2.18. The fourth-order valence-electron chi connectivity index (χ4n) is 2.18. The van der Waals surface area contributed by atoms with E-state index >= 15 is 0 Å². The average molecular weight is 286 g/mol. The van der Waals surface area contributed by atoms with Crippen LogP contribution in [0.3, 0.4) is 0 Å². The van der Waals surface area contributed by atoms with Crippen molar-refractivity contribution in [3.8, 4) is 0 Å². The summed E-state index contributed by atoms with van der Waals surface area (Å²) in [5, 5.41) is 6.20. The van der Waals surface area contributed by atoms with Crippen molar-refractivity contribution >= 4 is 11.6 Å². The highest BCUT2D eigenvalue weighted by molar-refractivity contribution is 5.95. The summed E-state index contributed by atoms with van der Waals surface area (Å²) in [6.45, 7) is 8.25. The number of anilines is 1. The number of aryl methyl sites for hydroxylation is 2. The SMILES string of the molecule is CCNC(=O)c1ccc(C)c(NCc2cncn2CC)c1. The van der Waals surface area contributed by atoms with Gasteiger partial charge in [0.15, 0.2) is 0 Å². The molecule has 1 aromatic carbocycles. The first-order valence-electron chi connectivity index (χ1n) is 7.27. The quantitative estimate of drug-likeness (QED) is 0.858. The van der Waals surface area contributed by atoms with E-state index in [-0.39, 0.29) is 5.91 Å². The van der Waals surface area contributed by atoms with Crippen molar-refractivity contribution in [3.63, 3.8) is 0 Å². The maximum atomic E-state index is 11.9. The Morgan fingerprint density at radius 1 is 1.33 bits per heavy atom. The van der Waals surface area contributed by atoms with Crippen molar-refractivity contribution in [2.45, 2.75) is 33.9 Å². The summed E-state index contributed by atoms with van der Waals surface area (Å²) in [5.74, 6) is -0.0425. The van der Waals surface area contributed by atoms with E-state index < -0.39 is 0 Å². The summed E-state index contributed by atoms with van der Waals surface area (Å²) in [6.07, 6.45) is 3.69. The molecule has 0 aliphatic rings. The molecule has 0 aliphatic heterocycles. The highest BCUT2D eigenvalue weighted by atomic mass is 16.1. The lowest BCUT2D eigenvalue weighted by molar-refractivity contribution is 0.0956. The summed E-state index contributed by atoms with van der Waals surface area (Å²) in [6, 6.07) is 5.71. The third-order valence-corrected chi connectivity index (χ3v) is 3.44. The standard InChI is InChI=1S/C16H22N4O/c1-4-18-16(21)13-7-6-12(3)15(8-13)19-10-14-9-17-11-20(14)5-2/h6-9,11,19H,4-5,10H2,1-3H3,(H,18,21). The Labute approximate surface area is 125 Å². The Morgan fingerprint density at radius 3 is 2.86 bits per heavy atom. The lowest BCUT2D eigenvalue weighted by atomic mass is 10.1. The van der Waals surface area contributed by atoms with Crippen LogP contribution in [0.15, 0.2) is 30.7 Å². The second kappa shape index (κ2) is 6.92. The number of benzene rings is 1. The molecule has 0 fully saturated rings. The Hall–Kier alpha value is -2.30. The maximum Gasteiger partial charge on any atom is 0.251 e. The predicted octanol–water partition coefficient (Wildman–Crippen LogP) is 2.57. The van der Waals surface area contributed by atoms with Gasteiger partial charge in [-0.25, -0.2) is 4.98 Å². The van der Waals surface area contributed by atoms with E-state index in [9.17, 15) is 4.79 Å². The van der Waals surface area contributed by atoms with Gasteiger partial charge in [0.25, 0.3) is 5.91 Å². The van der Waals surface area contributed by atoms with Gasteiger partial charge in [0.1, 0.15) is 0 Å². The third kappa shape index (κ3) is 3.62. The topological polar surface area (TPSA) is 59.0 Å². The van der Waals surface area contributed by atoms with E-state index in [4.69, 9.17) is 0 Å². The van der Waals surface area contributed by atoms with Crippen LogP contribution in [0.4, 0.5) is 5.69 Å². The molecule has 0 saturated carbocycles. The second-order valence-corrected chi connectivity index (χ2v) is 4.91. The Morgan fingerprint density at radius 2 is 2.14 bits per heavy atom. The van der Waals surface area contributed by atoms with Crippen LogP contribution in [-0.2, 0) is 13.1 Å². The molecule has 2 aromatic rings. The molecule has 0 unspecified atom stereocenters.